The number of carbonyl (C=O) groups excluding carboxylic acids is 1. The van der Waals surface area contributed by atoms with Crippen LogP contribution in [0.25, 0.3) is 16.9 Å². The predicted octanol–water partition coefficient (Wildman–Crippen LogP) is 4.53. The Bertz CT molecular complexity index is 1250. The molecule has 7 nitrogen and oxygen atoms in total. The van der Waals surface area contributed by atoms with Crippen LogP contribution in [0.5, 0.6) is 17.2 Å². The maximum atomic E-state index is 13.6. The summed E-state index contributed by atoms with van der Waals surface area (Å²) in [5, 5.41) is 14.3. The Labute approximate surface area is 192 Å². The van der Waals surface area contributed by atoms with Crippen molar-refractivity contribution >= 4 is 5.91 Å². The standard InChI is InChI=1S/C26H25N3O4/c1-28(16-18-9-11-20(30)12-10-18)26(31)23-17-29(19-7-5-4-6-8-19)27-25(23)22-15-21(32-2)13-14-24(22)33-3/h4-15,17,30H,16H2,1-3H3. The highest BCUT2D eigenvalue weighted by molar-refractivity contribution is 6.00. The first-order valence-corrected chi connectivity index (χ1v) is 10.4. The van der Waals surface area contributed by atoms with Crippen molar-refractivity contribution in [1.82, 2.24) is 14.7 Å². The molecule has 0 saturated carbocycles. The first kappa shape index (κ1) is 22.0. The molecule has 0 radical (unpaired) electrons. The lowest BCUT2D eigenvalue weighted by Crippen LogP contribution is -2.26. The van der Waals surface area contributed by atoms with Crippen molar-refractivity contribution in [2.45, 2.75) is 6.54 Å². The van der Waals surface area contributed by atoms with E-state index in [-0.39, 0.29) is 11.7 Å². The molecule has 4 rings (SSSR count). The number of amides is 1. The Hall–Kier alpha value is -4.26. The molecule has 33 heavy (non-hydrogen) atoms. The van der Waals surface area contributed by atoms with Crippen LogP contribution in [0.15, 0.2) is 79.0 Å². The van der Waals surface area contributed by atoms with E-state index in [2.05, 4.69) is 0 Å². The zero-order chi connectivity index (χ0) is 23.4. The van der Waals surface area contributed by atoms with E-state index in [9.17, 15) is 9.90 Å². The van der Waals surface area contributed by atoms with E-state index in [4.69, 9.17) is 14.6 Å². The molecule has 1 aromatic heterocycles. The number of aromatic hydroxyl groups is 1. The van der Waals surface area contributed by atoms with Crippen LogP contribution in [0.3, 0.4) is 0 Å². The third-order valence-electron chi connectivity index (χ3n) is 5.33. The zero-order valence-electron chi connectivity index (χ0n) is 18.7. The highest BCUT2D eigenvalue weighted by Crippen LogP contribution is 2.35. The second-order valence-corrected chi connectivity index (χ2v) is 7.57. The monoisotopic (exact) mass is 443 g/mol. The van der Waals surface area contributed by atoms with Crippen molar-refractivity contribution in [2.24, 2.45) is 0 Å². The molecule has 0 bridgehead atoms. The number of benzene rings is 3. The fourth-order valence-corrected chi connectivity index (χ4v) is 3.59. The molecule has 0 aliphatic rings. The topological polar surface area (TPSA) is 76.8 Å². The Morgan fingerprint density at radius 3 is 2.39 bits per heavy atom. The van der Waals surface area contributed by atoms with E-state index in [0.717, 1.165) is 11.3 Å². The lowest BCUT2D eigenvalue weighted by molar-refractivity contribution is 0.0786. The average molecular weight is 444 g/mol. The Balaban J connectivity index is 1.79. The summed E-state index contributed by atoms with van der Waals surface area (Å²) < 4.78 is 12.7. The molecule has 168 valence electrons. The molecule has 0 saturated heterocycles. The number of rotatable bonds is 7. The van der Waals surface area contributed by atoms with E-state index >= 15 is 0 Å². The number of phenols is 1. The van der Waals surface area contributed by atoms with Gasteiger partial charge in [-0.1, -0.05) is 30.3 Å². The normalized spacial score (nSPS) is 10.6. The number of ether oxygens (including phenoxy) is 2. The highest BCUT2D eigenvalue weighted by atomic mass is 16.5. The minimum Gasteiger partial charge on any atom is -0.508 e. The lowest BCUT2D eigenvalue weighted by atomic mass is 10.1. The molecule has 0 fully saturated rings. The highest BCUT2D eigenvalue weighted by Gasteiger charge is 2.24. The van der Waals surface area contributed by atoms with Gasteiger partial charge in [-0.15, -0.1) is 0 Å². The van der Waals surface area contributed by atoms with E-state index in [1.54, 1.807) is 73.4 Å². The third kappa shape index (κ3) is 4.67. The summed E-state index contributed by atoms with van der Waals surface area (Å²) in [6.07, 6.45) is 1.74. The van der Waals surface area contributed by atoms with E-state index in [0.29, 0.717) is 34.9 Å². The summed E-state index contributed by atoms with van der Waals surface area (Å²) in [7, 11) is 4.91. The molecule has 3 aromatic carbocycles. The van der Waals surface area contributed by atoms with E-state index in [1.165, 1.54) is 0 Å². The second-order valence-electron chi connectivity index (χ2n) is 7.57. The van der Waals surface area contributed by atoms with Gasteiger partial charge in [-0.2, -0.15) is 5.10 Å². The fourth-order valence-electron chi connectivity index (χ4n) is 3.59. The smallest absolute Gasteiger partial charge is 0.257 e. The van der Waals surface area contributed by atoms with Crippen molar-refractivity contribution in [3.63, 3.8) is 0 Å². The van der Waals surface area contributed by atoms with Gasteiger partial charge in [0.2, 0.25) is 0 Å². The summed E-state index contributed by atoms with van der Waals surface area (Å²) in [5.41, 5.74) is 3.33. The van der Waals surface area contributed by atoms with Gasteiger partial charge in [0.25, 0.3) is 5.91 Å². The number of phenolic OH excluding ortho intramolecular Hbond substituents is 1. The van der Waals surface area contributed by atoms with Crippen molar-refractivity contribution < 1.29 is 19.4 Å². The number of para-hydroxylation sites is 1. The maximum Gasteiger partial charge on any atom is 0.257 e. The quantitative estimate of drug-likeness (QED) is 0.454. The van der Waals surface area contributed by atoms with E-state index in [1.807, 2.05) is 36.4 Å². The molecule has 0 aliphatic heterocycles. The molecule has 1 N–H and O–H groups in total. The van der Waals surface area contributed by atoms with Gasteiger partial charge in [0.15, 0.2) is 0 Å². The number of carbonyl (C=O) groups is 1. The Morgan fingerprint density at radius 1 is 1.00 bits per heavy atom. The van der Waals surface area contributed by atoms with Gasteiger partial charge in [0.1, 0.15) is 22.9 Å². The van der Waals surface area contributed by atoms with Gasteiger partial charge in [0, 0.05) is 25.4 Å². The molecule has 0 spiro atoms. The molecular weight excluding hydrogens is 418 g/mol. The largest absolute Gasteiger partial charge is 0.508 e. The van der Waals surface area contributed by atoms with Crippen LogP contribution in [0.1, 0.15) is 15.9 Å². The SMILES string of the molecule is COc1ccc(OC)c(-c2nn(-c3ccccc3)cc2C(=O)N(C)Cc2ccc(O)cc2)c1. The minimum absolute atomic E-state index is 0.185. The van der Waals surface area contributed by atoms with Crippen LogP contribution in [0.2, 0.25) is 0 Å². The number of nitrogens with zero attached hydrogens (tertiary/aromatic N) is 3. The first-order valence-electron chi connectivity index (χ1n) is 10.4. The molecule has 1 heterocycles. The van der Waals surface area contributed by atoms with Gasteiger partial charge in [0.05, 0.1) is 25.5 Å². The van der Waals surface area contributed by atoms with Gasteiger partial charge in [-0.3, -0.25) is 4.79 Å². The fraction of sp³-hybridized carbons (Fsp3) is 0.154. The zero-order valence-corrected chi connectivity index (χ0v) is 18.7. The van der Waals surface area contributed by atoms with Crippen LogP contribution in [-0.2, 0) is 6.54 Å². The van der Waals surface area contributed by atoms with Crippen molar-refractivity contribution in [2.75, 3.05) is 21.3 Å². The third-order valence-corrected chi connectivity index (χ3v) is 5.33. The van der Waals surface area contributed by atoms with Crippen molar-refractivity contribution in [3.05, 3.63) is 90.1 Å². The molecular formula is C26H25N3O4. The minimum atomic E-state index is -0.190. The summed E-state index contributed by atoms with van der Waals surface area (Å²) in [5.74, 6) is 1.22. The number of aromatic nitrogens is 2. The van der Waals surface area contributed by atoms with Crippen molar-refractivity contribution in [3.8, 4) is 34.2 Å². The Morgan fingerprint density at radius 2 is 1.73 bits per heavy atom. The van der Waals surface area contributed by atoms with Crippen LogP contribution >= 0.6 is 0 Å². The maximum absolute atomic E-state index is 13.6. The van der Waals surface area contributed by atoms with E-state index < -0.39 is 0 Å². The second kappa shape index (κ2) is 9.48. The molecule has 0 unspecified atom stereocenters. The van der Waals surface area contributed by atoms with Gasteiger partial charge in [-0.25, -0.2) is 4.68 Å². The predicted molar refractivity (Wildman–Crippen MR) is 126 cm³/mol. The summed E-state index contributed by atoms with van der Waals surface area (Å²) in [6, 6.07) is 21.8. The van der Waals surface area contributed by atoms with Crippen LogP contribution in [0, 0.1) is 0 Å². The first-order chi connectivity index (χ1) is 16.0. The number of hydrogen-bond acceptors (Lipinski definition) is 5. The summed E-state index contributed by atoms with van der Waals surface area (Å²) in [4.78, 5) is 15.2. The van der Waals surface area contributed by atoms with Crippen LogP contribution in [-0.4, -0.2) is 47.0 Å². The molecule has 1 amide bonds. The average Bonchev–Trinajstić information content (AvgIpc) is 3.30. The molecule has 7 heteroatoms. The summed E-state index contributed by atoms with van der Waals surface area (Å²) in [6.45, 7) is 0.379. The van der Waals surface area contributed by atoms with Crippen molar-refractivity contribution in [1.29, 1.82) is 0 Å². The molecule has 0 aliphatic carbocycles. The van der Waals surface area contributed by atoms with Gasteiger partial charge < -0.3 is 19.5 Å². The number of hydrogen-bond donors (Lipinski definition) is 1. The van der Waals surface area contributed by atoms with Crippen LogP contribution < -0.4 is 9.47 Å². The summed E-state index contributed by atoms with van der Waals surface area (Å²) >= 11 is 0. The van der Waals surface area contributed by atoms with Crippen LogP contribution in [0.4, 0.5) is 0 Å². The van der Waals surface area contributed by atoms with Gasteiger partial charge >= 0.3 is 0 Å². The molecule has 0 atom stereocenters. The lowest BCUT2D eigenvalue weighted by Gasteiger charge is -2.18. The van der Waals surface area contributed by atoms with Gasteiger partial charge in [-0.05, 0) is 48.0 Å². The Kier molecular flexibility index (Phi) is 6.31. The molecule has 4 aromatic rings. The number of methoxy groups -OCH3 is 2.